The molecule has 0 spiro atoms. The van der Waals surface area contributed by atoms with Crippen LogP contribution in [0.3, 0.4) is 0 Å². The lowest BCUT2D eigenvalue weighted by molar-refractivity contribution is 0.0586. The Kier molecular flexibility index (Phi) is 4.35. The number of anilines is 1. The fourth-order valence-corrected chi connectivity index (χ4v) is 2.63. The predicted octanol–water partition coefficient (Wildman–Crippen LogP) is 2.56. The number of carbonyl (C=O) groups is 1. The lowest BCUT2D eigenvalue weighted by Gasteiger charge is -2.21. The second kappa shape index (κ2) is 5.99. The number of ether oxygens (including phenoxy) is 1. The van der Waals surface area contributed by atoms with Gasteiger partial charge in [0.1, 0.15) is 5.82 Å². The van der Waals surface area contributed by atoms with Crippen LogP contribution in [0.5, 0.6) is 0 Å². The lowest BCUT2D eigenvalue weighted by Crippen LogP contribution is -2.25. The molecule has 5 nitrogen and oxygen atoms in total. The maximum Gasteiger partial charge on any atom is 0.376 e. The minimum atomic E-state index is -0.500. The third kappa shape index (κ3) is 3.43. The Bertz CT molecular complexity index is 456. The molecule has 0 aromatic carbocycles. The van der Waals surface area contributed by atoms with Crippen LogP contribution in [0.1, 0.15) is 48.9 Å². The molecular weight excluding hydrogens is 242 g/mol. The zero-order chi connectivity index (χ0) is 13.8. The summed E-state index contributed by atoms with van der Waals surface area (Å²) >= 11 is 0. The maximum absolute atomic E-state index is 11.5. The molecular formula is C14H21N3O2. The third-order valence-corrected chi connectivity index (χ3v) is 3.70. The molecule has 0 saturated heterocycles. The lowest BCUT2D eigenvalue weighted by atomic mass is 10.00. The van der Waals surface area contributed by atoms with E-state index in [1.165, 1.54) is 32.8 Å². The highest BCUT2D eigenvalue weighted by Gasteiger charge is 2.22. The highest BCUT2D eigenvalue weighted by molar-refractivity contribution is 5.85. The number of aryl methyl sites for hydroxylation is 1. The van der Waals surface area contributed by atoms with Gasteiger partial charge in [-0.15, -0.1) is 0 Å². The van der Waals surface area contributed by atoms with E-state index in [1.807, 2.05) is 13.0 Å². The van der Waals surface area contributed by atoms with Gasteiger partial charge in [-0.25, -0.2) is 14.8 Å². The summed E-state index contributed by atoms with van der Waals surface area (Å²) in [5, 5.41) is 3.39. The van der Waals surface area contributed by atoms with E-state index in [2.05, 4.69) is 26.9 Å². The summed E-state index contributed by atoms with van der Waals surface area (Å²) in [6, 6.07) is 2.22. The molecule has 1 aliphatic rings. The van der Waals surface area contributed by atoms with Crippen molar-refractivity contribution in [2.45, 2.75) is 45.6 Å². The zero-order valence-corrected chi connectivity index (χ0v) is 11.8. The molecule has 0 bridgehead atoms. The summed E-state index contributed by atoms with van der Waals surface area (Å²) in [5.74, 6) is 1.01. The Labute approximate surface area is 113 Å². The number of nitrogens with zero attached hydrogens (tertiary/aromatic N) is 2. The molecule has 2 rings (SSSR count). The maximum atomic E-state index is 11.5. The number of hydrogen-bond acceptors (Lipinski definition) is 5. The van der Waals surface area contributed by atoms with E-state index >= 15 is 0 Å². The van der Waals surface area contributed by atoms with E-state index in [9.17, 15) is 4.79 Å². The second-order valence-electron chi connectivity index (χ2n) is 5.19. The predicted molar refractivity (Wildman–Crippen MR) is 73.2 cm³/mol. The molecule has 1 N–H and O–H groups in total. The average Bonchev–Trinajstić information content (AvgIpc) is 2.91. The van der Waals surface area contributed by atoms with Gasteiger partial charge in [0, 0.05) is 17.8 Å². The van der Waals surface area contributed by atoms with Gasteiger partial charge in [-0.2, -0.15) is 0 Å². The van der Waals surface area contributed by atoms with Gasteiger partial charge in [-0.1, -0.05) is 12.8 Å². The Morgan fingerprint density at radius 3 is 2.74 bits per heavy atom. The van der Waals surface area contributed by atoms with Crippen LogP contribution in [0.4, 0.5) is 5.82 Å². The standard InChI is InChI=1S/C14H21N3O2/c1-9-8-12(17-13(15-9)14(18)19-3)16-10(2)11-6-4-5-7-11/h8,10-11H,4-7H2,1-3H3,(H,15,16,17). The quantitative estimate of drug-likeness (QED) is 0.846. The monoisotopic (exact) mass is 263 g/mol. The van der Waals surface area contributed by atoms with Crippen LogP contribution in [0.25, 0.3) is 0 Å². The summed E-state index contributed by atoms with van der Waals surface area (Å²) in [4.78, 5) is 19.8. The van der Waals surface area contributed by atoms with Gasteiger partial charge in [0.05, 0.1) is 7.11 Å². The van der Waals surface area contributed by atoms with E-state index in [0.717, 1.165) is 5.69 Å². The first-order chi connectivity index (χ1) is 9.10. The first-order valence-corrected chi connectivity index (χ1v) is 6.80. The third-order valence-electron chi connectivity index (χ3n) is 3.70. The van der Waals surface area contributed by atoms with Crippen molar-refractivity contribution in [2.75, 3.05) is 12.4 Å². The Morgan fingerprint density at radius 1 is 1.42 bits per heavy atom. The number of methoxy groups -OCH3 is 1. The van der Waals surface area contributed by atoms with Crippen molar-refractivity contribution in [2.24, 2.45) is 5.92 Å². The van der Waals surface area contributed by atoms with E-state index in [0.29, 0.717) is 17.8 Å². The Balaban J connectivity index is 2.10. The molecule has 0 amide bonds. The number of rotatable bonds is 4. The van der Waals surface area contributed by atoms with Crippen LogP contribution >= 0.6 is 0 Å². The first-order valence-electron chi connectivity index (χ1n) is 6.80. The van der Waals surface area contributed by atoms with Crippen LogP contribution in [0.15, 0.2) is 6.07 Å². The molecule has 19 heavy (non-hydrogen) atoms. The molecule has 0 aliphatic heterocycles. The number of esters is 1. The van der Waals surface area contributed by atoms with E-state index in [-0.39, 0.29) is 5.82 Å². The summed E-state index contributed by atoms with van der Waals surface area (Å²) in [7, 11) is 1.34. The van der Waals surface area contributed by atoms with Gasteiger partial charge in [0.2, 0.25) is 5.82 Å². The van der Waals surface area contributed by atoms with Crippen LogP contribution in [-0.2, 0) is 4.74 Å². The number of carbonyl (C=O) groups excluding carboxylic acids is 1. The summed E-state index contributed by atoms with van der Waals surface area (Å²) < 4.78 is 4.66. The highest BCUT2D eigenvalue weighted by Crippen LogP contribution is 2.28. The fourth-order valence-electron chi connectivity index (χ4n) is 2.63. The van der Waals surface area contributed by atoms with E-state index in [1.54, 1.807) is 0 Å². The SMILES string of the molecule is COC(=O)c1nc(C)cc(NC(C)C2CCCC2)n1. The molecule has 1 fully saturated rings. The molecule has 1 atom stereocenters. The van der Waals surface area contributed by atoms with Crippen molar-refractivity contribution in [1.29, 1.82) is 0 Å². The molecule has 1 unspecified atom stereocenters. The summed E-state index contributed by atoms with van der Waals surface area (Å²) in [5.41, 5.74) is 0.761. The van der Waals surface area contributed by atoms with Crippen LogP contribution < -0.4 is 5.32 Å². The minimum Gasteiger partial charge on any atom is -0.463 e. The van der Waals surface area contributed by atoms with Gasteiger partial charge in [0.15, 0.2) is 0 Å². The Hall–Kier alpha value is -1.65. The molecule has 5 heteroatoms. The van der Waals surface area contributed by atoms with Crippen molar-refractivity contribution < 1.29 is 9.53 Å². The number of nitrogens with one attached hydrogen (secondary N) is 1. The summed E-state index contributed by atoms with van der Waals surface area (Å²) in [6.45, 7) is 4.02. The highest BCUT2D eigenvalue weighted by atomic mass is 16.5. The minimum absolute atomic E-state index is 0.114. The number of aromatic nitrogens is 2. The van der Waals surface area contributed by atoms with Crippen LogP contribution in [0, 0.1) is 12.8 Å². The average molecular weight is 263 g/mol. The van der Waals surface area contributed by atoms with Gasteiger partial charge in [-0.3, -0.25) is 0 Å². The first kappa shape index (κ1) is 13.8. The van der Waals surface area contributed by atoms with E-state index < -0.39 is 5.97 Å². The van der Waals surface area contributed by atoms with Crippen molar-refractivity contribution in [3.63, 3.8) is 0 Å². The van der Waals surface area contributed by atoms with Gasteiger partial charge in [-0.05, 0) is 32.6 Å². The normalized spacial score (nSPS) is 17.2. The molecule has 1 heterocycles. The Morgan fingerprint density at radius 2 is 2.11 bits per heavy atom. The summed E-state index contributed by atoms with van der Waals surface area (Å²) in [6.07, 6.45) is 5.16. The molecule has 104 valence electrons. The smallest absolute Gasteiger partial charge is 0.376 e. The fraction of sp³-hybridized carbons (Fsp3) is 0.643. The van der Waals surface area contributed by atoms with Gasteiger partial charge < -0.3 is 10.1 Å². The molecule has 0 radical (unpaired) electrons. The van der Waals surface area contributed by atoms with Crippen LogP contribution in [0.2, 0.25) is 0 Å². The largest absolute Gasteiger partial charge is 0.463 e. The topological polar surface area (TPSA) is 64.1 Å². The van der Waals surface area contributed by atoms with Crippen molar-refractivity contribution in [3.8, 4) is 0 Å². The van der Waals surface area contributed by atoms with Gasteiger partial charge in [0.25, 0.3) is 0 Å². The molecule has 1 aromatic heterocycles. The van der Waals surface area contributed by atoms with Crippen molar-refractivity contribution in [1.82, 2.24) is 9.97 Å². The zero-order valence-electron chi connectivity index (χ0n) is 11.8. The van der Waals surface area contributed by atoms with Crippen LogP contribution in [-0.4, -0.2) is 29.1 Å². The van der Waals surface area contributed by atoms with Crippen molar-refractivity contribution in [3.05, 3.63) is 17.6 Å². The second-order valence-corrected chi connectivity index (χ2v) is 5.19. The van der Waals surface area contributed by atoms with Gasteiger partial charge >= 0.3 is 5.97 Å². The number of hydrogen-bond donors (Lipinski definition) is 1. The molecule has 1 aliphatic carbocycles. The molecule has 1 aromatic rings. The molecule has 1 saturated carbocycles. The van der Waals surface area contributed by atoms with E-state index in [4.69, 9.17) is 0 Å². The van der Waals surface area contributed by atoms with Crippen molar-refractivity contribution >= 4 is 11.8 Å².